The summed E-state index contributed by atoms with van der Waals surface area (Å²) in [6, 6.07) is 3.97. The normalized spacial score (nSPS) is 13.4. The first-order chi connectivity index (χ1) is 12.3. The van der Waals surface area contributed by atoms with Crippen molar-refractivity contribution in [1.82, 2.24) is 15.2 Å². The number of amides is 2. The highest BCUT2D eigenvalue weighted by molar-refractivity contribution is 9.10. The molecular weight excluding hydrogens is 431 g/mol. The van der Waals surface area contributed by atoms with E-state index in [2.05, 4.69) is 20.9 Å². The number of alkyl halides is 3. The van der Waals surface area contributed by atoms with E-state index in [4.69, 9.17) is 0 Å². The standard InChI is InChI=1S/C17H19BrF3N3O3/c1-16(2,3)24(15(26)27)8-13(23-14(25)17(19,20)21)11-7-22-12-5-4-9(18)6-10(11)12/h4-7,13,22H,8H2,1-3H3,(H,23,25)(H,26,27). The first kappa shape index (κ1) is 21.1. The Morgan fingerprint density at radius 1 is 1.30 bits per heavy atom. The van der Waals surface area contributed by atoms with Crippen LogP contribution in [0.15, 0.2) is 28.9 Å². The zero-order valence-electron chi connectivity index (χ0n) is 14.8. The zero-order valence-corrected chi connectivity index (χ0v) is 16.4. The fourth-order valence-corrected chi connectivity index (χ4v) is 3.05. The summed E-state index contributed by atoms with van der Waals surface area (Å²) >= 11 is 3.30. The third-order valence-electron chi connectivity index (χ3n) is 4.02. The highest BCUT2D eigenvalue weighted by atomic mass is 79.9. The molecule has 10 heteroatoms. The topological polar surface area (TPSA) is 85.4 Å². The second-order valence-corrected chi connectivity index (χ2v) is 7.94. The summed E-state index contributed by atoms with van der Waals surface area (Å²) in [5.74, 6) is -2.13. The highest BCUT2D eigenvalue weighted by Gasteiger charge is 2.41. The molecule has 1 heterocycles. The van der Waals surface area contributed by atoms with Gasteiger partial charge in [0, 0.05) is 39.2 Å². The SMILES string of the molecule is CC(C)(C)N(CC(NC(=O)C(F)(F)F)c1c[nH]c2ccc(Br)cc12)C(=O)O. The Bertz CT molecular complexity index is 858. The van der Waals surface area contributed by atoms with Crippen LogP contribution in [-0.4, -0.2) is 45.3 Å². The fraction of sp³-hybridized carbons (Fsp3) is 0.412. The number of carbonyl (C=O) groups excluding carboxylic acids is 1. The molecule has 0 aliphatic heterocycles. The summed E-state index contributed by atoms with van der Waals surface area (Å²) in [6.07, 6.45) is -4.91. The van der Waals surface area contributed by atoms with Gasteiger partial charge in [0.2, 0.25) is 0 Å². The van der Waals surface area contributed by atoms with Gasteiger partial charge < -0.3 is 20.3 Å². The molecule has 0 fully saturated rings. The number of benzene rings is 1. The largest absolute Gasteiger partial charge is 0.471 e. The quantitative estimate of drug-likeness (QED) is 0.645. The van der Waals surface area contributed by atoms with Crippen molar-refractivity contribution in [2.75, 3.05) is 6.54 Å². The Morgan fingerprint density at radius 2 is 1.93 bits per heavy atom. The maximum atomic E-state index is 12.8. The Morgan fingerprint density at radius 3 is 2.44 bits per heavy atom. The summed E-state index contributed by atoms with van der Waals surface area (Å²) in [5, 5.41) is 12.0. The van der Waals surface area contributed by atoms with Crippen molar-refractivity contribution >= 4 is 38.8 Å². The fourth-order valence-electron chi connectivity index (χ4n) is 2.69. The molecular formula is C17H19BrF3N3O3. The van der Waals surface area contributed by atoms with Gasteiger partial charge in [0.25, 0.3) is 0 Å². The molecule has 2 aromatic rings. The molecule has 0 saturated heterocycles. The number of aromatic nitrogens is 1. The van der Waals surface area contributed by atoms with E-state index < -0.39 is 29.8 Å². The van der Waals surface area contributed by atoms with Crippen molar-refractivity contribution in [3.05, 3.63) is 34.4 Å². The van der Waals surface area contributed by atoms with Crippen molar-refractivity contribution in [1.29, 1.82) is 0 Å². The van der Waals surface area contributed by atoms with E-state index in [-0.39, 0.29) is 6.54 Å². The van der Waals surface area contributed by atoms with Crippen LogP contribution in [0.5, 0.6) is 0 Å². The number of carbonyl (C=O) groups is 2. The lowest BCUT2D eigenvalue weighted by molar-refractivity contribution is -0.174. The van der Waals surface area contributed by atoms with E-state index in [9.17, 15) is 27.9 Å². The average molecular weight is 450 g/mol. The number of fused-ring (bicyclic) bond motifs is 1. The van der Waals surface area contributed by atoms with Crippen LogP contribution in [0.25, 0.3) is 10.9 Å². The molecule has 0 aliphatic carbocycles. The van der Waals surface area contributed by atoms with Crippen molar-refractivity contribution in [3.8, 4) is 0 Å². The summed E-state index contributed by atoms with van der Waals surface area (Å²) in [5.41, 5.74) is 0.135. The first-order valence-electron chi connectivity index (χ1n) is 7.95. The number of hydrogen-bond acceptors (Lipinski definition) is 2. The van der Waals surface area contributed by atoms with Crippen LogP contribution in [0.4, 0.5) is 18.0 Å². The molecule has 2 rings (SSSR count). The predicted octanol–water partition coefficient (Wildman–Crippen LogP) is 4.43. The molecule has 1 aromatic heterocycles. The van der Waals surface area contributed by atoms with Crippen LogP contribution in [0.2, 0.25) is 0 Å². The van der Waals surface area contributed by atoms with Gasteiger partial charge in [-0.05, 0) is 39.0 Å². The number of carboxylic acid groups (broad SMARTS) is 1. The molecule has 2 amide bonds. The van der Waals surface area contributed by atoms with Crippen LogP contribution in [0.1, 0.15) is 32.4 Å². The summed E-state index contributed by atoms with van der Waals surface area (Å²) < 4.78 is 39.1. The van der Waals surface area contributed by atoms with Crippen LogP contribution < -0.4 is 5.32 Å². The molecule has 0 radical (unpaired) electrons. The van der Waals surface area contributed by atoms with Gasteiger partial charge >= 0.3 is 18.2 Å². The lowest BCUT2D eigenvalue weighted by Crippen LogP contribution is -2.50. The van der Waals surface area contributed by atoms with Gasteiger partial charge in [-0.3, -0.25) is 4.79 Å². The average Bonchev–Trinajstić information content (AvgIpc) is 2.91. The van der Waals surface area contributed by atoms with Crippen LogP contribution in [-0.2, 0) is 4.79 Å². The molecule has 0 bridgehead atoms. The van der Waals surface area contributed by atoms with Gasteiger partial charge in [0.1, 0.15) is 0 Å². The van der Waals surface area contributed by atoms with E-state index in [0.29, 0.717) is 20.9 Å². The molecule has 1 aromatic carbocycles. The zero-order chi connectivity index (χ0) is 20.6. The van der Waals surface area contributed by atoms with E-state index >= 15 is 0 Å². The van der Waals surface area contributed by atoms with Gasteiger partial charge in [0.15, 0.2) is 0 Å². The maximum Gasteiger partial charge on any atom is 0.471 e. The smallest absolute Gasteiger partial charge is 0.465 e. The van der Waals surface area contributed by atoms with Gasteiger partial charge in [-0.1, -0.05) is 15.9 Å². The summed E-state index contributed by atoms with van der Waals surface area (Å²) in [4.78, 5) is 27.1. The minimum atomic E-state index is -5.08. The molecule has 0 aliphatic rings. The van der Waals surface area contributed by atoms with Crippen LogP contribution >= 0.6 is 15.9 Å². The number of H-pyrrole nitrogens is 1. The lowest BCUT2D eigenvalue weighted by atomic mass is 10.0. The van der Waals surface area contributed by atoms with Gasteiger partial charge in [-0.2, -0.15) is 13.2 Å². The first-order valence-corrected chi connectivity index (χ1v) is 8.75. The number of aromatic amines is 1. The predicted molar refractivity (Wildman–Crippen MR) is 97.4 cm³/mol. The van der Waals surface area contributed by atoms with E-state index in [0.717, 1.165) is 4.90 Å². The molecule has 3 N–H and O–H groups in total. The Balaban J connectivity index is 2.50. The van der Waals surface area contributed by atoms with Crippen LogP contribution in [0, 0.1) is 0 Å². The van der Waals surface area contributed by atoms with Crippen molar-refractivity contribution < 1.29 is 27.9 Å². The monoisotopic (exact) mass is 449 g/mol. The Kier molecular flexibility index (Phi) is 5.79. The maximum absolute atomic E-state index is 12.8. The molecule has 0 saturated carbocycles. The molecule has 27 heavy (non-hydrogen) atoms. The van der Waals surface area contributed by atoms with Gasteiger partial charge in [-0.25, -0.2) is 4.79 Å². The number of hydrogen-bond donors (Lipinski definition) is 3. The third kappa shape index (κ3) is 4.94. The molecule has 148 valence electrons. The minimum Gasteiger partial charge on any atom is -0.465 e. The van der Waals surface area contributed by atoms with E-state index in [1.54, 1.807) is 39.0 Å². The minimum absolute atomic E-state index is 0.347. The summed E-state index contributed by atoms with van der Waals surface area (Å²) in [6.45, 7) is 4.51. The highest BCUT2D eigenvalue weighted by Crippen LogP contribution is 2.30. The molecule has 6 nitrogen and oxygen atoms in total. The molecule has 1 unspecified atom stereocenters. The van der Waals surface area contributed by atoms with Crippen LogP contribution in [0.3, 0.4) is 0 Å². The van der Waals surface area contributed by atoms with Gasteiger partial charge in [0.05, 0.1) is 6.04 Å². The van der Waals surface area contributed by atoms with Crippen molar-refractivity contribution in [2.24, 2.45) is 0 Å². The van der Waals surface area contributed by atoms with Crippen molar-refractivity contribution in [3.63, 3.8) is 0 Å². The Hall–Kier alpha value is -2.23. The second kappa shape index (κ2) is 7.41. The summed E-state index contributed by atoms with van der Waals surface area (Å²) in [7, 11) is 0. The number of nitrogens with zero attached hydrogens (tertiary/aromatic N) is 1. The lowest BCUT2D eigenvalue weighted by Gasteiger charge is -2.36. The second-order valence-electron chi connectivity index (χ2n) is 7.02. The number of rotatable bonds is 4. The van der Waals surface area contributed by atoms with E-state index in [1.165, 1.54) is 6.20 Å². The number of halogens is 4. The molecule has 1 atom stereocenters. The van der Waals surface area contributed by atoms with E-state index in [1.807, 2.05) is 5.32 Å². The molecule has 0 spiro atoms. The van der Waals surface area contributed by atoms with Crippen molar-refractivity contribution in [2.45, 2.75) is 38.5 Å². The third-order valence-corrected chi connectivity index (χ3v) is 4.51. The number of nitrogens with one attached hydrogen (secondary N) is 2. The van der Waals surface area contributed by atoms with Gasteiger partial charge in [-0.15, -0.1) is 0 Å². The Labute approximate surface area is 161 Å².